The molecule has 0 aromatic heterocycles. The smallest absolute Gasteiger partial charge is 0.271 e. The van der Waals surface area contributed by atoms with E-state index in [4.69, 9.17) is 5.84 Å². The predicted octanol–water partition coefficient (Wildman–Crippen LogP) is 3.74. The van der Waals surface area contributed by atoms with Crippen molar-refractivity contribution < 1.29 is 13.2 Å². The molecule has 0 amide bonds. The topological polar surface area (TPSA) is 38.0 Å². The Kier molecular flexibility index (Phi) is 5.29. The lowest BCUT2D eigenvalue weighted by atomic mass is 10.1. The maximum atomic E-state index is 12.5. The highest BCUT2D eigenvalue weighted by molar-refractivity contribution is 8.00. The number of rotatable bonds is 4. The van der Waals surface area contributed by atoms with Crippen molar-refractivity contribution in [1.29, 1.82) is 0 Å². The van der Waals surface area contributed by atoms with Gasteiger partial charge in [0.1, 0.15) is 0 Å². The molecule has 6 heteroatoms. The fourth-order valence-electron chi connectivity index (χ4n) is 1.48. The second kappa shape index (κ2) is 6.15. The van der Waals surface area contributed by atoms with Crippen LogP contribution in [0.5, 0.6) is 0 Å². The largest absolute Gasteiger partial charge is 0.416 e. The molecule has 19 heavy (non-hydrogen) atoms. The van der Waals surface area contributed by atoms with E-state index in [9.17, 15) is 13.2 Å². The lowest BCUT2D eigenvalue weighted by Crippen LogP contribution is -2.30. The Morgan fingerprint density at radius 2 is 1.68 bits per heavy atom. The number of benzene rings is 1. The first-order valence-electron chi connectivity index (χ1n) is 5.91. The van der Waals surface area contributed by atoms with Gasteiger partial charge in [0.15, 0.2) is 0 Å². The minimum Gasteiger partial charge on any atom is -0.271 e. The average molecular weight is 292 g/mol. The van der Waals surface area contributed by atoms with E-state index >= 15 is 0 Å². The summed E-state index contributed by atoms with van der Waals surface area (Å²) >= 11 is 1.71. The van der Waals surface area contributed by atoms with Crippen molar-refractivity contribution in [2.45, 2.75) is 37.7 Å². The van der Waals surface area contributed by atoms with Gasteiger partial charge in [0.05, 0.1) is 11.6 Å². The number of nitrogens with one attached hydrogen (secondary N) is 1. The quantitative estimate of drug-likeness (QED) is 0.656. The van der Waals surface area contributed by atoms with Crippen molar-refractivity contribution in [3.05, 3.63) is 35.4 Å². The molecule has 1 aromatic carbocycles. The number of alkyl halides is 3. The van der Waals surface area contributed by atoms with Crippen LogP contribution in [-0.2, 0) is 6.18 Å². The van der Waals surface area contributed by atoms with Crippen molar-refractivity contribution in [1.82, 2.24) is 5.43 Å². The standard InChI is InChI=1S/C13H19F3N2S/c1-12(2,3)19-8-11(18-17)9-4-6-10(7-5-9)13(14,15)16/h4-7,11,18H,8,17H2,1-3H3. The van der Waals surface area contributed by atoms with Crippen LogP contribution in [0.3, 0.4) is 0 Å². The molecule has 0 saturated heterocycles. The molecule has 2 nitrogen and oxygen atoms in total. The van der Waals surface area contributed by atoms with Gasteiger partial charge in [-0.3, -0.25) is 11.3 Å². The van der Waals surface area contributed by atoms with Crippen molar-refractivity contribution in [2.24, 2.45) is 5.84 Å². The monoisotopic (exact) mass is 292 g/mol. The molecule has 0 aliphatic rings. The van der Waals surface area contributed by atoms with E-state index in [2.05, 4.69) is 26.2 Å². The van der Waals surface area contributed by atoms with Gasteiger partial charge < -0.3 is 0 Å². The van der Waals surface area contributed by atoms with E-state index < -0.39 is 11.7 Å². The molecule has 0 fully saturated rings. The highest BCUT2D eigenvalue weighted by Crippen LogP contribution is 2.31. The molecule has 3 N–H and O–H groups in total. The van der Waals surface area contributed by atoms with Gasteiger partial charge in [-0.25, -0.2) is 0 Å². The maximum absolute atomic E-state index is 12.5. The number of thioether (sulfide) groups is 1. The van der Waals surface area contributed by atoms with Crippen LogP contribution >= 0.6 is 11.8 Å². The fourth-order valence-corrected chi connectivity index (χ4v) is 2.43. The zero-order valence-electron chi connectivity index (χ0n) is 11.2. The van der Waals surface area contributed by atoms with Gasteiger partial charge in [0.25, 0.3) is 0 Å². The Bertz CT molecular complexity index is 396. The van der Waals surface area contributed by atoms with Gasteiger partial charge in [0, 0.05) is 10.5 Å². The molecule has 0 radical (unpaired) electrons. The van der Waals surface area contributed by atoms with Gasteiger partial charge in [0.2, 0.25) is 0 Å². The molecule has 0 heterocycles. The molecule has 1 unspecified atom stereocenters. The van der Waals surface area contributed by atoms with Gasteiger partial charge in [-0.05, 0) is 17.7 Å². The summed E-state index contributed by atoms with van der Waals surface area (Å²) in [6.45, 7) is 6.24. The van der Waals surface area contributed by atoms with Crippen LogP contribution in [0, 0.1) is 0 Å². The summed E-state index contributed by atoms with van der Waals surface area (Å²) < 4.78 is 37.5. The molecule has 0 aliphatic carbocycles. The SMILES string of the molecule is CC(C)(C)SCC(NN)c1ccc(C(F)(F)F)cc1. The van der Waals surface area contributed by atoms with Crippen LogP contribution in [0.4, 0.5) is 13.2 Å². The van der Waals surface area contributed by atoms with E-state index in [1.807, 2.05) is 0 Å². The summed E-state index contributed by atoms with van der Waals surface area (Å²) in [6, 6.07) is 4.95. The van der Waals surface area contributed by atoms with E-state index in [1.165, 1.54) is 12.1 Å². The summed E-state index contributed by atoms with van der Waals surface area (Å²) in [6.07, 6.45) is -4.30. The second-order valence-corrected chi connectivity index (χ2v) is 7.11. The summed E-state index contributed by atoms with van der Waals surface area (Å²) in [5, 5.41) is 0. The normalized spacial score (nSPS) is 14.5. The van der Waals surface area contributed by atoms with E-state index in [0.717, 1.165) is 17.7 Å². The summed E-state index contributed by atoms with van der Waals surface area (Å²) in [5.41, 5.74) is 2.76. The van der Waals surface area contributed by atoms with Gasteiger partial charge in [-0.1, -0.05) is 32.9 Å². The molecule has 0 aliphatic heterocycles. The second-order valence-electron chi connectivity index (χ2n) is 5.26. The molecular formula is C13H19F3N2S. The predicted molar refractivity (Wildman–Crippen MR) is 73.7 cm³/mol. The fraction of sp³-hybridized carbons (Fsp3) is 0.538. The molecule has 0 saturated carbocycles. The van der Waals surface area contributed by atoms with E-state index in [-0.39, 0.29) is 10.8 Å². The van der Waals surface area contributed by atoms with Crippen molar-refractivity contribution in [2.75, 3.05) is 5.75 Å². The van der Waals surface area contributed by atoms with Crippen LogP contribution in [0.2, 0.25) is 0 Å². The maximum Gasteiger partial charge on any atom is 0.416 e. The third-order valence-corrected chi connectivity index (χ3v) is 3.89. The minimum absolute atomic E-state index is 0.0843. The van der Waals surface area contributed by atoms with Gasteiger partial charge in [-0.2, -0.15) is 24.9 Å². The first kappa shape index (κ1) is 16.3. The van der Waals surface area contributed by atoms with Crippen LogP contribution in [0.1, 0.15) is 37.9 Å². The van der Waals surface area contributed by atoms with Crippen LogP contribution < -0.4 is 11.3 Å². The number of hydrogen-bond acceptors (Lipinski definition) is 3. The molecule has 1 rings (SSSR count). The molecule has 0 bridgehead atoms. The highest BCUT2D eigenvalue weighted by atomic mass is 32.2. The Labute approximate surface area is 115 Å². The first-order valence-corrected chi connectivity index (χ1v) is 6.89. The van der Waals surface area contributed by atoms with Crippen molar-refractivity contribution in [3.63, 3.8) is 0 Å². The summed E-state index contributed by atoms with van der Waals surface area (Å²) in [4.78, 5) is 0. The van der Waals surface area contributed by atoms with Crippen molar-refractivity contribution >= 4 is 11.8 Å². The first-order chi connectivity index (χ1) is 8.63. The third-order valence-electron chi connectivity index (χ3n) is 2.52. The number of halogens is 3. The lowest BCUT2D eigenvalue weighted by Gasteiger charge is -2.23. The van der Waals surface area contributed by atoms with Crippen LogP contribution in [-0.4, -0.2) is 10.5 Å². The molecule has 108 valence electrons. The highest BCUT2D eigenvalue weighted by Gasteiger charge is 2.30. The number of nitrogens with two attached hydrogens (primary N) is 1. The number of hydrogen-bond donors (Lipinski definition) is 2. The van der Waals surface area contributed by atoms with E-state index in [1.54, 1.807) is 11.8 Å². The average Bonchev–Trinajstić information content (AvgIpc) is 2.28. The zero-order valence-corrected chi connectivity index (χ0v) is 12.0. The van der Waals surface area contributed by atoms with Gasteiger partial charge >= 0.3 is 6.18 Å². The Morgan fingerprint density at radius 3 is 2.05 bits per heavy atom. The zero-order chi connectivity index (χ0) is 14.7. The number of hydrazine groups is 1. The minimum atomic E-state index is -4.30. The third kappa shape index (κ3) is 5.42. The van der Waals surface area contributed by atoms with Crippen LogP contribution in [0.25, 0.3) is 0 Å². The van der Waals surface area contributed by atoms with Gasteiger partial charge in [-0.15, -0.1) is 0 Å². The molecule has 1 atom stereocenters. The lowest BCUT2D eigenvalue weighted by molar-refractivity contribution is -0.137. The van der Waals surface area contributed by atoms with Crippen LogP contribution in [0.15, 0.2) is 24.3 Å². The Hall–Kier alpha value is -0.720. The molecular weight excluding hydrogens is 273 g/mol. The Balaban J connectivity index is 2.77. The summed E-state index contributed by atoms with van der Waals surface area (Å²) in [5.74, 6) is 6.17. The Morgan fingerprint density at radius 1 is 1.16 bits per heavy atom. The molecule has 0 spiro atoms. The van der Waals surface area contributed by atoms with E-state index in [0.29, 0.717) is 5.75 Å². The van der Waals surface area contributed by atoms with Crippen molar-refractivity contribution in [3.8, 4) is 0 Å². The molecule has 1 aromatic rings. The summed E-state index contributed by atoms with van der Waals surface area (Å²) in [7, 11) is 0.